The molecular formula is C22H23F3N4O2S. The Bertz CT molecular complexity index is 1110. The number of aryl methyl sites for hydroxylation is 2. The third-order valence-corrected chi connectivity index (χ3v) is 5.69. The molecule has 1 aromatic heterocycles. The number of rotatable bonds is 7. The molecule has 2 aromatic carbocycles. The first kappa shape index (κ1) is 23.6. The van der Waals surface area contributed by atoms with Crippen LogP contribution in [0.4, 0.5) is 18.9 Å². The number of aromatic nitrogens is 3. The summed E-state index contributed by atoms with van der Waals surface area (Å²) in [5, 5.41) is 11.2. The Morgan fingerprint density at radius 3 is 2.62 bits per heavy atom. The van der Waals surface area contributed by atoms with Crippen molar-refractivity contribution in [2.24, 2.45) is 7.05 Å². The molecule has 3 rings (SSSR count). The maximum Gasteiger partial charge on any atom is 0.416 e. The van der Waals surface area contributed by atoms with Crippen LogP contribution in [0.5, 0.6) is 5.75 Å². The van der Waals surface area contributed by atoms with Gasteiger partial charge in [0, 0.05) is 12.7 Å². The van der Waals surface area contributed by atoms with E-state index in [4.69, 9.17) is 4.74 Å². The van der Waals surface area contributed by atoms with Crippen molar-refractivity contribution in [1.82, 2.24) is 14.8 Å². The molecule has 0 spiro atoms. The zero-order valence-corrected chi connectivity index (χ0v) is 18.8. The number of hydrogen-bond donors (Lipinski definition) is 1. The van der Waals surface area contributed by atoms with Gasteiger partial charge in [-0.15, -0.1) is 10.2 Å². The Morgan fingerprint density at radius 1 is 1.19 bits per heavy atom. The molecule has 0 aliphatic carbocycles. The van der Waals surface area contributed by atoms with Gasteiger partial charge in [0.2, 0.25) is 5.91 Å². The molecule has 0 aliphatic heterocycles. The molecule has 1 N–H and O–H groups in total. The summed E-state index contributed by atoms with van der Waals surface area (Å²) in [7, 11) is 1.77. The third-order valence-electron chi connectivity index (χ3n) is 4.67. The first-order valence-electron chi connectivity index (χ1n) is 9.77. The van der Waals surface area contributed by atoms with E-state index in [0.717, 1.165) is 40.8 Å². The van der Waals surface area contributed by atoms with E-state index in [2.05, 4.69) is 15.5 Å². The maximum absolute atomic E-state index is 12.8. The molecule has 0 saturated carbocycles. The zero-order chi connectivity index (χ0) is 23.5. The number of nitrogens with zero attached hydrogens (tertiary/aromatic N) is 3. The van der Waals surface area contributed by atoms with Gasteiger partial charge in [-0.05, 0) is 50.6 Å². The summed E-state index contributed by atoms with van der Waals surface area (Å²) in [4.78, 5) is 12.2. The Morgan fingerprint density at radius 2 is 1.94 bits per heavy atom. The molecule has 1 heterocycles. The lowest BCUT2D eigenvalue weighted by Gasteiger charge is -2.16. The minimum Gasteiger partial charge on any atom is -0.482 e. The van der Waals surface area contributed by atoms with Crippen molar-refractivity contribution in [2.45, 2.75) is 38.2 Å². The van der Waals surface area contributed by atoms with Crippen molar-refractivity contribution >= 4 is 23.4 Å². The molecule has 0 bridgehead atoms. The first-order chi connectivity index (χ1) is 15.0. The molecule has 10 heteroatoms. The highest BCUT2D eigenvalue weighted by molar-refractivity contribution is 7.99. The first-order valence-corrected chi connectivity index (χ1v) is 10.8. The Balaban J connectivity index is 1.60. The van der Waals surface area contributed by atoms with E-state index in [1.807, 2.05) is 39.0 Å². The van der Waals surface area contributed by atoms with Gasteiger partial charge < -0.3 is 14.6 Å². The van der Waals surface area contributed by atoms with Crippen LogP contribution in [0.25, 0.3) is 0 Å². The van der Waals surface area contributed by atoms with Crippen LogP contribution in [0.15, 0.2) is 47.6 Å². The fourth-order valence-electron chi connectivity index (χ4n) is 3.08. The lowest BCUT2D eigenvalue weighted by molar-refractivity contribution is -0.137. The minimum atomic E-state index is -4.47. The van der Waals surface area contributed by atoms with E-state index < -0.39 is 17.6 Å². The normalized spacial score (nSPS) is 12.5. The number of amides is 1. The van der Waals surface area contributed by atoms with Crippen LogP contribution in [-0.2, 0) is 18.0 Å². The summed E-state index contributed by atoms with van der Waals surface area (Å²) < 4.78 is 46.2. The van der Waals surface area contributed by atoms with Crippen LogP contribution in [0.1, 0.15) is 35.5 Å². The van der Waals surface area contributed by atoms with Crippen LogP contribution < -0.4 is 10.1 Å². The van der Waals surface area contributed by atoms with Gasteiger partial charge in [-0.25, -0.2) is 0 Å². The molecule has 1 unspecified atom stereocenters. The van der Waals surface area contributed by atoms with Crippen molar-refractivity contribution in [3.8, 4) is 5.75 Å². The van der Waals surface area contributed by atoms with Crippen LogP contribution >= 0.6 is 11.8 Å². The smallest absolute Gasteiger partial charge is 0.416 e. The summed E-state index contributed by atoms with van der Waals surface area (Å²) in [5.74, 6) is 0.860. The summed E-state index contributed by atoms with van der Waals surface area (Å²) in [5.41, 5.74) is 1.42. The topological polar surface area (TPSA) is 69.0 Å². The highest BCUT2D eigenvalue weighted by Gasteiger charge is 2.30. The number of carbonyl (C=O) groups excluding carboxylic acids is 1. The third kappa shape index (κ3) is 5.82. The summed E-state index contributed by atoms with van der Waals surface area (Å²) >= 11 is 1.13. The van der Waals surface area contributed by atoms with Gasteiger partial charge in [-0.3, -0.25) is 4.79 Å². The fourth-order valence-corrected chi connectivity index (χ4v) is 3.80. The Labute approximate surface area is 188 Å². The number of thioether (sulfide) groups is 1. The van der Waals surface area contributed by atoms with Gasteiger partial charge in [-0.2, -0.15) is 13.2 Å². The predicted molar refractivity (Wildman–Crippen MR) is 117 cm³/mol. The number of halogens is 3. The van der Waals surface area contributed by atoms with E-state index in [9.17, 15) is 18.0 Å². The van der Waals surface area contributed by atoms with Crippen molar-refractivity contribution in [3.63, 3.8) is 0 Å². The van der Waals surface area contributed by atoms with Gasteiger partial charge >= 0.3 is 6.18 Å². The van der Waals surface area contributed by atoms with E-state index >= 15 is 0 Å². The van der Waals surface area contributed by atoms with Crippen molar-refractivity contribution < 1.29 is 22.7 Å². The van der Waals surface area contributed by atoms with E-state index in [1.54, 1.807) is 11.6 Å². The zero-order valence-electron chi connectivity index (χ0n) is 18.0. The van der Waals surface area contributed by atoms with E-state index in [1.165, 1.54) is 12.1 Å². The summed E-state index contributed by atoms with van der Waals surface area (Å²) in [6, 6.07) is 10.4. The number of carbonyl (C=O) groups is 1. The van der Waals surface area contributed by atoms with Crippen molar-refractivity contribution in [1.29, 1.82) is 0 Å². The molecule has 0 aliphatic rings. The Kier molecular flexibility index (Phi) is 7.12. The predicted octanol–water partition coefficient (Wildman–Crippen LogP) is 5.32. The minimum absolute atomic E-state index is 0.0332. The molecule has 1 amide bonds. The molecule has 0 radical (unpaired) electrons. The van der Waals surface area contributed by atoms with Gasteiger partial charge in [0.25, 0.3) is 0 Å². The molecule has 3 aromatic rings. The van der Waals surface area contributed by atoms with Crippen molar-refractivity contribution in [3.05, 3.63) is 65.0 Å². The number of alkyl halides is 3. The van der Waals surface area contributed by atoms with Crippen LogP contribution in [0.2, 0.25) is 0 Å². The number of benzene rings is 2. The van der Waals surface area contributed by atoms with E-state index in [-0.39, 0.29) is 17.5 Å². The van der Waals surface area contributed by atoms with Gasteiger partial charge in [-0.1, -0.05) is 35.5 Å². The standard InChI is InChI=1S/C22H23F3N4O2S/c1-13-8-9-18(14(2)10-13)31-15(3)20-27-28-21(29(20)4)32-12-19(30)26-17-7-5-6-16(11-17)22(23,24)25/h5-11,15H,12H2,1-4H3,(H,26,30). The largest absolute Gasteiger partial charge is 0.482 e. The quantitative estimate of drug-likeness (QED) is 0.479. The molecule has 6 nitrogen and oxygen atoms in total. The lowest BCUT2D eigenvalue weighted by atomic mass is 10.1. The second-order valence-corrected chi connectivity index (χ2v) is 8.29. The highest BCUT2D eigenvalue weighted by Crippen LogP contribution is 2.31. The number of ether oxygens (including phenoxy) is 1. The van der Waals surface area contributed by atoms with Crippen molar-refractivity contribution in [2.75, 3.05) is 11.1 Å². The Hall–Kier alpha value is -3.01. The average molecular weight is 465 g/mol. The van der Waals surface area contributed by atoms with Crippen LogP contribution in [-0.4, -0.2) is 26.4 Å². The number of nitrogens with one attached hydrogen (secondary N) is 1. The van der Waals surface area contributed by atoms with Gasteiger partial charge in [0.1, 0.15) is 5.75 Å². The molecular weight excluding hydrogens is 441 g/mol. The summed E-state index contributed by atoms with van der Waals surface area (Å²) in [6.07, 6.45) is -4.84. The lowest BCUT2D eigenvalue weighted by Crippen LogP contribution is -2.15. The monoisotopic (exact) mass is 464 g/mol. The molecule has 32 heavy (non-hydrogen) atoms. The van der Waals surface area contributed by atoms with E-state index in [0.29, 0.717) is 11.0 Å². The van der Waals surface area contributed by atoms with Gasteiger partial charge in [0.15, 0.2) is 17.1 Å². The SMILES string of the molecule is Cc1ccc(OC(C)c2nnc(SCC(=O)Nc3cccc(C(F)(F)F)c3)n2C)c(C)c1. The fraction of sp³-hybridized carbons (Fsp3) is 0.318. The molecule has 1 atom stereocenters. The summed E-state index contributed by atoms with van der Waals surface area (Å²) in [6.45, 7) is 5.84. The number of anilines is 1. The molecule has 0 fully saturated rings. The second-order valence-electron chi connectivity index (χ2n) is 7.34. The molecule has 170 valence electrons. The highest BCUT2D eigenvalue weighted by atomic mass is 32.2. The van der Waals surface area contributed by atoms with Gasteiger partial charge in [0.05, 0.1) is 11.3 Å². The second kappa shape index (κ2) is 9.64. The molecule has 0 saturated heterocycles. The van der Waals surface area contributed by atoms with Crippen LogP contribution in [0.3, 0.4) is 0 Å². The van der Waals surface area contributed by atoms with Crippen LogP contribution in [0, 0.1) is 13.8 Å². The number of hydrogen-bond acceptors (Lipinski definition) is 5. The average Bonchev–Trinajstić information content (AvgIpc) is 3.08. The maximum atomic E-state index is 12.8.